The Morgan fingerprint density at radius 1 is 1.19 bits per heavy atom. The Balaban J connectivity index is 2.35. The van der Waals surface area contributed by atoms with Crippen molar-refractivity contribution < 1.29 is 4.39 Å². The molecule has 0 aliphatic carbocycles. The summed E-state index contributed by atoms with van der Waals surface area (Å²) in [6.07, 6.45) is 0.786. The summed E-state index contributed by atoms with van der Waals surface area (Å²) in [5, 5.41) is 3.40. The maximum absolute atomic E-state index is 14.4. The fourth-order valence-electron chi connectivity index (χ4n) is 2.57. The van der Waals surface area contributed by atoms with Gasteiger partial charge in [-0.1, -0.05) is 42.8 Å². The summed E-state index contributed by atoms with van der Waals surface area (Å²) in [6, 6.07) is 11.9. The highest BCUT2D eigenvalue weighted by atomic mass is 79.9. The smallest absolute Gasteiger partial charge is 0.142 e. The van der Waals surface area contributed by atoms with E-state index in [-0.39, 0.29) is 11.9 Å². The van der Waals surface area contributed by atoms with Gasteiger partial charge in [-0.25, -0.2) is 4.39 Å². The Labute approximate surface area is 134 Å². The van der Waals surface area contributed by atoms with Gasteiger partial charge in [0.25, 0.3) is 0 Å². The number of hydrogen-bond donors (Lipinski definition) is 1. The van der Waals surface area contributed by atoms with Gasteiger partial charge in [0, 0.05) is 11.6 Å². The number of hydrogen-bond acceptors (Lipinski definition) is 1. The maximum Gasteiger partial charge on any atom is 0.142 e. The monoisotopic (exact) mass is 349 g/mol. The van der Waals surface area contributed by atoms with E-state index < -0.39 is 0 Å². The molecule has 112 valence electrons. The van der Waals surface area contributed by atoms with Crippen LogP contribution in [0.5, 0.6) is 0 Å². The van der Waals surface area contributed by atoms with Gasteiger partial charge in [-0.2, -0.15) is 0 Å². The van der Waals surface area contributed by atoms with Crippen LogP contribution < -0.4 is 5.32 Å². The molecule has 1 nitrogen and oxygen atoms in total. The number of halogens is 2. The van der Waals surface area contributed by atoms with Gasteiger partial charge >= 0.3 is 0 Å². The standard InChI is InChI=1S/C18H21BrFN/c1-4-21-17(15-6-5-7-16(19)18(15)20)11-14-10-12(2)8-9-13(14)3/h5-10,17,21H,4,11H2,1-3H3. The summed E-state index contributed by atoms with van der Waals surface area (Å²) in [6.45, 7) is 7.05. The summed E-state index contributed by atoms with van der Waals surface area (Å²) >= 11 is 3.27. The molecule has 0 bridgehead atoms. The fraction of sp³-hybridized carbons (Fsp3) is 0.333. The second-order valence-electron chi connectivity index (χ2n) is 5.39. The Kier molecular flexibility index (Phi) is 5.54. The largest absolute Gasteiger partial charge is 0.310 e. The van der Waals surface area contributed by atoms with E-state index in [4.69, 9.17) is 0 Å². The minimum atomic E-state index is -0.172. The molecule has 1 unspecified atom stereocenters. The third kappa shape index (κ3) is 3.92. The molecule has 0 saturated heterocycles. The quantitative estimate of drug-likeness (QED) is 0.791. The van der Waals surface area contributed by atoms with Crippen LogP contribution in [0.1, 0.15) is 35.2 Å². The van der Waals surface area contributed by atoms with Gasteiger partial charge in [-0.15, -0.1) is 0 Å². The highest BCUT2D eigenvalue weighted by molar-refractivity contribution is 9.10. The summed E-state index contributed by atoms with van der Waals surface area (Å²) in [4.78, 5) is 0. The maximum atomic E-state index is 14.4. The summed E-state index contributed by atoms with van der Waals surface area (Å²) in [7, 11) is 0. The predicted molar refractivity (Wildman–Crippen MR) is 90.1 cm³/mol. The fourth-order valence-corrected chi connectivity index (χ4v) is 2.95. The van der Waals surface area contributed by atoms with Crippen LogP contribution >= 0.6 is 15.9 Å². The molecule has 0 spiro atoms. The zero-order valence-electron chi connectivity index (χ0n) is 12.7. The lowest BCUT2D eigenvalue weighted by molar-refractivity contribution is 0.507. The van der Waals surface area contributed by atoms with E-state index in [1.54, 1.807) is 6.07 Å². The van der Waals surface area contributed by atoms with Crippen molar-refractivity contribution >= 4 is 15.9 Å². The first kappa shape index (κ1) is 16.2. The molecule has 1 N–H and O–H groups in total. The zero-order chi connectivity index (χ0) is 15.4. The number of benzene rings is 2. The van der Waals surface area contributed by atoms with Gasteiger partial charge in [0.15, 0.2) is 0 Å². The third-order valence-corrected chi connectivity index (χ3v) is 4.35. The molecule has 3 heteroatoms. The first-order valence-corrected chi connectivity index (χ1v) is 8.05. The molecule has 2 aromatic carbocycles. The molecular formula is C18H21BrFN. The number of aryl methyl sites for hydroxylation is 2. The first-order chi connectivity index (χ1) is 10.0. The van der Waals surface area contributed by atoms with Crippen LogP contribution in [0.4, 0.5) is 4.39 Å². The molecule has 2 aromatic rings. The normalized spacial score (nSPS) is 12.4. The van der Waals surface area contributed by atoms with Crippen molar-refractivity contribution in [1.82, 2.24) is 5.32 Å². The van der Waals surface area contributed by atoms with Crippen molar-refractivity contribution in [3.63, 3.8) is 0 Å². The molecular weight excluding hydrogens is 329 g/mol. The number of likely N-dealkylation sites (N-methyl/N-ethyl adjacent to an activating group) is 1. The Bertz CT molecular complexity index is 625. The molecule has 0 fully saturated rings. The SMILES string of the molecule is CCNC(Cc1cc(C)ccc1C)c1cccc(Br)c1F. The van der Waals surface area contributed by atoms with Crippen molar-refractivity contribution in [3.05, 3.63) is 68.9 Å². The van der Waals surface area contributed by atoms with E-state index >= 15 is 0 Å². The molecule has 0 heterocycles. The second kappa shape index (κ2) is 7.19. The average molecular weight is 350 g/mol. The topological polar surface area (TPSA) is 12.0 Å². The lowest BCUT2D eigenvalue weighted by Crippen LogP contribution is -2.24. The predicted octanol–water partition coefficient (Wildman–Crippen LogP) is 5.10. The van der Waals surface area contributed by atoms with E-state index in [0.29, 0.717) is 10.0 Å². The minimum Gasteiger partial charge on any atom is -0.310 e. The lowest BCUT2D eigenvalue weighted by Gasteiger charge is -2.21. The van der Waals surface area contributed by atoms with Crippen LogP contribution in [0.3, 0.4) is 0 Å². The van der Waals surface area contributed by atoms with Gasteiger partial charge in [-0.3, -0.25) is 0 Å². The Morgan fingerprint density at radius 3 is 2.67 bits per heavy atom. The van der Waals surface area contributed by atoms with Gasteiger partial charge in [-0.05, 0) is 59.9 Å². The van der Waals surface area contributed by atoms with Crippen LogP contribution in [0.2, 0.25) is 0 Å². The lowest BCUT2D eigenvalue weighted by atomic mass is 9.94. The number of nitrogens with one attached hydrogen (secondary N) is 1. The van der Waals surface area contributed by atoms with Crippen LogP contribution in [0.15, 0.2) is 40.9 Å². The summed E-state index contributed by atoms with van der Waals surface area (Å²) in [5.74, 6) is -0.172. The average Bonchev–Trinajstić information content (AvgIpc) is 2.45. The van der Waals surface area contributed by atoms with E-state index in [9.17, 15) is 4.39 Å². The van der Waals surface area contributed by atoms with Crippen molar-refractivity contribution in [2.24, 2.45) is 0 Å². The van der Waals surface area contributed by atoms with E-state index in [1.807, 2.05) is 19.1 Å². The van der Waals surface area contributed by atoms with Crippen LogP contribution in [-0.4, -0.2) is 6.54 Å². The molecule has 0 radical (unpaired) electrons. The van der Waals surface area contributed by atoms with Crippen LogP contribution in [0.25, 0.3) is 0 Å². The van der Waals surface area contributed by atoms with Crippen LogP contribution in [-0.2, 0) is 6.42 Å². The zero-order valence-corrected chi connectivity index (χ0v) is 14.3. The van der Waals surface area contributed by atoms with E-state index in [2.05, 4.69) is 53.3 Å². The van der Waals surface area contributed by atoms with Gasteiger partial charge in [0.2, 0.25) is 0 Å². The molecule has 0 amide bonds. The van der Waals surface area contributed by atoms with Crippen LogP contribution in [0, 0.1) is 19.7 Å². The van der Waals surface area contributed by atoms with Gasteiger partial charge in [0.05, 0.1) is 4.47 Å². The van der Waals surface area contributed by atoms with Gasteiger partial charge < -0.3 is 5.32 Å². The number of rotatable bonds is 5. The molecule has 0 aromatic heterocycles. The molecule has 0 aliphatic rings. The Morgan fingerprint density at radius 2 is 1.95 bits per heavy atom. The summed E-state index contributed by atoms with van der Waals surface area (Å²) < 4.78 is 14.9. The molecule has 21 heavy (non-hydrogen) atoms. The van der Waals surface area contributed by atoms with Crippen molar-refractivity contribution in [2.75, 3.05) is 6.54 Å². The molecule has 1 atom stereocenters. The third-order valence-electron chi connectivity index (χ3n) is 3.74. The molecule has 0 aliphatic heterocycles. The molecule has 0 saturated carbocycles. The first-order valence-electron chi connectivity index (χ1n) is 7.26. The van der Waals surface area contributed by atoms with Crippen molar-refractivity contribution in [1.29, 1.82) is 0 Å². The van der Waals surface area contributed by atoms with Gasteiger partial charge in [0.1, 0.15) is 5.82 Å². The van der Waals surface area contributed by atoms with E-state index in [0.717, 1.165) is 13.0 Å². The Hall–Kier alpha value is -1.19. The summed E-state index contributed by atoms with van der Waals surface area (Å²) in [5.41, 5.74) is 4.46. The minimum absolute atomic E-state index is 0.0204. The highest BCUT2D eigenvalue weighted by Crippen LogP contribution is 2.27. The van der Waals surface area contributed by atoms with E-state index in [1.165, 1.54) is 16.7 Å². The van der Waals surface area contributed by atoms with Crippen molar-refractivity contribution in [3.8, 4) is 0 Å². The second-order valence-corrected chi connectivity index (χ2v) is 6.24. The molecule has 2 rings (SSSR count). The van der Waals surface area contributed by atoms with Crippen molar-refractivity contribution in [2.45, 2.75) is 33.2 Å². The highest BCUT2D eigenvalue weighted by Gasteiger charge is 2.17.